The van der Waals surface area contributed by atoms with Gasteiger partial charge in [-0.15, -0.1) is 0 Å². The molecule has 0 unspecified atom stereocenters. The van der Waals surface area contributed by atoms with Crippen LogP contribution in [-0.4, -0.2) is 4.98 Å². The van der Waals surface area contributed by atoms with Crippen molar-refractivity contribution in [1.29, 1.82) is 0 Å². The number of aryl methyl sites for hydroxylation is 3. The Morgan fingerprint density at radius 2 is 1.74 bits per heavy atom. The fraction of sp³-hybridized carbons (Fsp3) is 0.333. The number of hydrogen-bond donors (Lipinski definition) is 0. The van der Waals surface area contributed by atoms with Crippen LogP contribution in [0.15, 0.2) is 47.0 Å². The highest BCUT2D eigenvalue weighted by atomic mass is 16.3. The summed E-state index contributed by atoms with van der Waals surface area (Å²) in [6.07, 6.45) is 4.48. The molecule has 138 valence electrons. The van der Waals surface area contributed by atoms with E-state index in [1.807, 2.05) is 13.0 Å². The zero-order chi connectivity index (χ0) is 19.1. The Hall–Kier alpha value is -2.68. The molecule has 0 radical (unpaired) electrons. The second kappa shape index (κ2) is 6.80. The third kappa shape index (κ3) is 2.91. The topological polar surface area (TPSA) is 29.9 Å². The van der Waals surface area contributed by atoms with E-state index in [2.05, 4.69) is 73.9 Å². The van der Waals surface area contributed by atoms with Gasteiger partial charge in [0, 0.05) is 28.6 Å². The van der Waals surface area contributed by atoms with Gasteiger partial charge in [0.05, 0.1) is 5.56 Å². The van der Waals surface area contributed by atoms with Gasteiger partial charge in [0.25, 0.3) is 0 Å². The van der Waals surface area contributed by atoms with Crippen LogP contribution in [0.1, 0.15) is 49.4 Å². The maximum atomic E-state index is 6.28. The summed E-state index contributed by atoms with van der Waals surface area (Å²) in [6, 6.07) is 13.1. The molecule has 3 aromatic heterocycles. The minimum Gasteiger partial charge on any atom is -0.437 e. The van der Waals surface area contributed by atoms with Crippen molar-refractivity contribution in [2.45, 2.75) is 46.5 Å². The highest BCUT2D eigenvalue weighted by Crippen LogP contribution is 2.37. The molecule has 0 bridgehead atoms. The van der Waals surface area contributed by atoms with Gasteiger partial charge in [-0.05, 0) is 55.9 Å². The molecule has 0 saturated carbocycles. The summed E-state index contributed by atoms with van der Waals surface area (Å²) < 4.78 is 8.48. The standard InChI is InChI=1S/C24H27N2O/c1-6-17(7-2)18-12-13-26(5)21(14-18)22-15(3)8-10-19-20-11-9-16(4)25-24(20)27-23(19)22/h8-14,17H,6-7H2,1-5H3/q+1. The predicted octanol–water partition coefficient (Wildman–Crippen LogP) is 5.99. The van der Waals surface area contributed by atoms with E-state index in [4.69, 9.17) is 4.42 Å². The molecule has 3 heterocycles. The van der Waals surface area contributed by atoms with E-state index in [9.17, 15) is 0 Å². The molecule has 0 N–H and O–H groups in total. The van der Waals surface area contributed by atoms with Crippen LogP contribution in [0.5, 0.6) is 0 Å². The lowest BCUT2D eigenvalue weighted by Crippen LogP contribution is -2.31. The van der Waals surface area contributed by atoms with Crippen LogP contribution in [0.2, 0.25) is 0 Å². The summed E-state index contributed by atoms with van der Waals surface area (Å²) in [7, 11) is 2.11. The third-order valence-electron chi connectivity index (χ3n) is 5.74. The highest BCUT2D eigenvalue weighted by molar-refractivity contribution is 6.08. The average Bonchev–Trinajstić information content (AvgIpc) is 3.01. The third-order valence-corrected chi connectivity index (χ3v) is 5.74. The Balaban J connectivity index is 2.02. The van der Waals surface area contributed by atoms with Gasteiger partial charge in [-0.25, -0.2) is 9.55 Å². The van der Waals surface area contributed by atoms with Crippen molar-refractivity contribution >= 4 is 22.1 Å². The molecule has 3 heteroatoms. The summed E-state index contributed by atoms with van der Waals surface area (Å²) in [6.45, 7) is 8.68. The maximum Gasteiger partial charge on any atom is 0.227 e. The Kier molecular flexibility index (Phi) is 4.47. The first-order chi connectivity index (χ1) is 13.0. The summed E-state index contributed by atoms with van der Waals surface area (Å²) in [5.41, 5.74) is 7.60. The smallest absolute Gasteiger partial charge is 0.227 e. The van der Waals surface area contributed by atoms with E-state index >= 15 is 0 Å². The van der Waals surface area contributed by atoms with Crippen molar-refractivity contribution in [2.75, 3.05) is 0 Å². The highest BCUT2D eigenvalue weighted by Gasteiger charge is 2.22. The summed E-state index contributed by atoms with van der Waals surface area (Å²) >= 11 is 0. The van der Waals surface area contributed by atoms with E-state index in [0.717, 1.165) is 40.6 Å². The van der Waals surface area contributed by atoms with Crippen LogP contribution in [0.25, 0.3) is 33.3 Å². The minimum absolute atomic E-state index is 0.587. The van der Waals surface area contributed by atoms with E-state index in [-0.39, 0.29) is 0 Å². The molecular weight excluding hydrogens is 332 g/mol. The lowest BCUT2D eigenvalue weighted by Gasteiger charge is -2.13. The Morgan fingerprint density at radius 1 is 1.00 bits per heavy atom. The molecule has 1 aromatic carbocycles. The molecule has 0 atom stereocenters. The molecule has 0 aliphatic rings. The van der Waals surface area contributed by atoms with E-state index in [1.165, 1.54) is 22.4 Å². The van der Waals surface area contributed by atoms with E-state index in [1.54, 1.807) is 0 Å². The van der Waals surface area contributed by atoms with Gasteiger partial charge in [0.15, 0.2) is 11.8 Å². The van der Waals surface area contributed by atoms with Gasteiger partial charge in [0.1, 0.15) is 7.05 Å². The SMILES string of the molecule is CCC(CC)c1cc[n+](C)c(-c2c(C)ccc3c2oc2nc(C)ccc23)c1. The van der Waals surface area contributed by atoms with Crippen molar-refractivity contribution in [3.8, 4) is 11.3 Å². The van der Waals surface area contributed by atoms with Gasteiger partial charge in [-0.1, -0.05) is 26.0 Å². The first-order valence-electron chi connectivity index (χ1n) is 9.82. The number of benzene rings is 1. The molecular formula is C24H27N2O+. The summed E-state index contributed by atoms with van der Waals surface area (Å²) in [4.78, 5) is 4.60. The molecule has 27 heavy (non-hydrogen) atoms. The zero-order valence-electron chi connectivity index (χ0n) is 16.8. The van der Waals surface area contributed by atoms with Crippen LogP contribution in [0.3, 0.4) is 0 Å². The van der Waals surface area contributed by atoms with Gasteiger partial charge >= 0.3 is 0 Å². The van der Waals surface area contributed by atoms with Gasteiger partial charge in [0.2, 0.25) is 11.4 Å². The summed E-state index contributed by atoms with van der Waals surface area (Å²) in [5, 5.41) is 2.21. The van der Waals surface area contributed by atoms with Gasteiger partial charge in [-0.3, -0.25) is 0 Å². The number of aromatic nitrogens is 2. The van der Waals surface area contributed by atoms with Crippen molar-refractivity contribution in [1.82, 2.24) is 4.98 Å². The molecule has 0 amide bonds. The fourth-order valence-electron chi connectivity index (χ4n) is 4.08. The van der Waals surface area contributed by atoms with Crippen LogP contribution < -0.4 is 4.57 Å². The number of nitrogens with zero attached hydrogens (tertiary/aromatic N) is 2. The van der Waals surface area contributed by atoms with Crippen LogP contribution >= 0.6 is 0 Å². The molecule has 0 aliphatic carbocycles. The second-order valence-corrected chi connectivity index (χ2v) is 7.51. The quantitative estimate of drug-likeness (QED) is 0.419. The fourth-order valence-corrected chi connectivity index (χ4v) is 4.08. The van der Waals surface area contributed by atoms with E-state index in [0.29, 0.717) is 5.92 Å². The average molecular weight is 359 g/mol. The lowest BCUT2D eigenvalue weighted by atomic mass is 9.92. The Morgan fingerprint density at radius 3 is 2.48 bits per heavy atom. The molecule has 0 fully saturated rings. The Bertz CT molecular complexity index is 1140. The first-order valence-corrected chi connectivity index (χ1v) is 9.82. The summed E-state index contributed by atoms with van der Waals surface area (Å²) in [5.74, 6) is 0.587. The van der Waals surface area contributed by atoms with Crippen LogP contribution in [0, 0.1) is 13.8 Å². The molecule has 0 saturated heterocycles. The van der Waals surface area contributed by atoms with Gasteiger partial charge in [-0.2, -0.15) is 0 Å². The van der Waals surface area contributed by atoms with E-state index < -0.39 is 0 Å². The number of hydrogen-bond acceptors (Lipinski definition) is 2. The molecule has 4 aromatic rings. The molecule has 4 rings (SSSR count). The number of rotatable bonds is 4. The van der Waals surface area contributed by atoms with Crippen molar-refractivity contribution in [3.05, 3.63) is 59.4 Å². The maximum absolute atomic E-state index is 6.28. The number of fused-ring (bicyclic) bond motifs is 3. The lowest BCUT2D eigenvalue weighted by molar-refractivity contribution is -0.660. The van der Waals surface area contributed by atoms with Crippen LogP contribution in [0.4, 0.5) is 0 Å². The van der Waals surface area contributed by atoms with Crippen molar-refractivity contribution in [3.63, 3.8) is 0 Å². The van der Waals surface area contributed by atoms with Crippen molar-refractivity contribution < 1.29 is 8.98 Å². The van der Waals surface area contributed by atoms with Crippen molar-refractivity contribution in [2.24, 2.45) is 7.05 Å². The number of pyridine rings is 2. The van der Waals surface area contributed by atoms with Gasteiger partial charge < -0.3 is 4.42 Å². The number of furan rings is 1. The molecule has 3 nitrogen and oxygen atoms in total. The molecule has 0 aliphatic heterocycles. The monoisotopic (exact) mass is 359 g/mol. The Labute approximate surface area is 160 Å². The van der Waals surface area contributed by atoms with Crippen LogP contribution in [-0.2, 0) is 7.05 Å². The largest absolute Gasteiger partial charge is 0.437 e. The zero-order valence-corrected chi connectivity index (χ0v) is 16.8. The molecule has 0 spiro atoms. The predicted molar refractivity (Wildman–Crippen MR) is 111 cm³/mol. The second-order valence-electron chi connectivity index (χ2n) is 7.51. The first kappa shape index (κ1) is 17.7. The normalized spacial score (nSPS) is 11.8. The minimum atomic E-state index is 0.587.